The molecule has 0 atom stereocenters. The SMILES string of the molecule is CCOC(=O)c1cc2cc(O)c(Br)nc2n1C(=O)OC(C)(C)C. The van der Waals surface area contributed by atoms with Crippen molar-refractivity contribution in [2.24, 2.45) is 0 Å². The molecule has 0 aliphatic rings. The topological polar surface area (TPSA) is 90.6 Å². The first-order chi connectivity index (χ1) is 10.6. The van der Waals surface area contributed by atoms with Crippen LogP contribution in [0.4, 0.5) is 4.79 Å². The van der Waals surface area contributed by atoms with Crippen LogP contribution in [0.15, 0.2) is 16.7 Å². The number of pyridine rings is 1. The van der Waals surface area contributed by atoms with Crippen molar-refractivity contribution < 1.29 is 24.2 Å². The Balaban J connectivity index is 2.66. The summed E-state index contributed by atoms with van der Waals surface area (Å²) in [7, 11) is 0. The summed E-state index contributed by atoms with van der Waals surface area (Å²) >= 11 is 3.10. The van der Waals surface area contributed by atoms with E-state index >= 15 is 0 Å². The fourth-order valence-electron chi connectivity index (χ4n) is 1.95. The van der Waals surface area contributed by atoms with Crippen molar-refractivity contribution in [2.75, 3.05) is 6.61 Å². The highest BCUT2D eigenvalue weighted by Crippen LogP contribution is 2.29. The van der Waals surface area contributed by atoms with Gasteiger partial charge in [0.25, 0.3) is 0 Å². The Kier molecular flexibility index (Phi) is 4.65. The molecule has 0 unspecified atom stereocenters. The molecule has 124 valence electrons. The van der Waals surface area contributed by atoms with Gasteiger partial charge >= 0.3 is 12.1 Å². The lowest BCUT2D eigenvalue weighted by molar-refractivity contribution is 0.0453. The predicted molar refractivity (Wildman–Crippen MR) is 86.7 cm³/mol. The second-order valence-corrected chi connectivity index (χ2v) is 6.53. The first-order valence-corrected chi connectivity index (χ1v) is 7.74. The molecule has 7 nitrogen and oxygen atoms in total. The van der Waals surface area contributed by atoms with Gasteiger partial charge in [-0.2, -0.15) is 0 Å². The van der Waals surface area contributed by atoms with Gasteiger partial charge in [-0.3, -0.25) is 0 Å². The van der Waals surface area contributed by atoms with E-state index in [0.717, 1.165) is 4.57 Å². The molecule has 0 amide bonds. The van der Waals surface area contributed by atoms with Crippen LogP contribution in [0.5, 0.6) is 5.75 Å². The maximum atomic E-state index is 12.5. The molecule has 0 radical (unpaired) electrons. The summed E-state index contributed by atoms with van der Waals surface area (Å²) < 4.78 is 11.5. The van der Waals surface area contributed by atoms with Crippen LogP contribution in [-0.2, 0) is 9.47 Å². The molecular weight excluding hydrogens is 368 g/mol. The van der Waals surface area contributed by atoms with Gasteiger partial charge in [0.1, 0.15) is 21.6 Å². The molecular formula is C15H17BrN2O5. The average Bonchev–Trinajstić information content (AvgIpc) is 2.76. The minimum atomic E-state index is -0.749. The van der Waals surface area contributed by atoms with E-state index in [4.69, 9.17) is 9.47 Å². The van der Waals surface area contributed by atoms with Crippen molar-refractivity contribution in [3.05, 3.63) is 22.4 Å². The third-order valence-corrected chi connectivity index (χ3v) is 3.35. The van der Waals surface area contributed by atoms with Gasteiger partial charge in [0.2, 0.25) is 0 Å². The van der Waals surface area contributed by atoms with E-state index in [1.54, 1.807) is 27.7 Å². The molecule has 0 aliphatic carbocycles. The van der Waals surface area contributed by atoms with E-state index in [2.05, 4.69) is 20.9 Å². The van der Waals surface area contributed by atoms with E-state index in [0.29, 0.717) is 5.39 Å². The van der Waals surface area contributed by atoms with E-state index in [1.807, 2.05) is 0 Å². The molecule has 23 heavy (non-hydrogen) atoms. The molecule has 0 saturated carbocycles. The molecule has 2 heterocycles. The maximum absolute atomic E-state index is 12.5. The Labute approximate surface area is 141 Å². The number of hydrogen-bond acceptors (Lipinski definition) is 6. The first-order valence-electron chi connectivity index (χ1n) is 6.95. The van der Waals surface area contributed by atoms with E-state index in [1.165, 1.54) is 12.1 Å². The summed E-state index contributed by atoms with van der Waals surface area (Å²) in [5.74, 6) is -0.777. The van der Waals surface area contributed by atoms with Crippen LogP contribution in [0.2, 0.25) is 0 Å². The van der Waals surface area contributed by atoms with Crippen LogP contribution in [0.3, 0.4) is 0 Å². The predicted octanol–water partition coefficient (Wildman–Crippen LogP) is 3.46. The number of halogens is 1. The van der Waals surface area contributed by atoms with Gasteiger partial charge in [-0.25, -0.2) is 19.1 Å². The fraction of sp³-hybridized carbons (Fsp3) is 0.400. The molecule has 0 aromatic carbocycles. The van der Waals surface area contributed by atoms with Crippen LogP contribution < -0.4 is 0 Å². The lowest BCUT2D eigenvalue weighted by Gasteiger charge is -2.20. The van der Waals surface area contributed by atoms with E-state index < -0.39 is 17.7 Å². The van der Waals surface area contributed by atoms with Crippen LogP contribution in [0.25, 0.3) is 11.0 Å². The molecule has 2 aromatic rings. The normalized spacial score (nSPS) is 11.5. The Morgan fingerprint density at radius 2 is 2.00 bits per heavy atom. The van der Waals surface area contributed by atoms with Crippen molar-refractivity contribution in [3.8, 4) is 5.75 Å². The minimum absolute atomic E-state index is 0.0129. The first kappa shape index (κ1) is 17.3. The second kappa shape index (κ2) is 6.19. The zero-order valence-electron chi connectivity index (χ0n) is 13.2. The standard InChI is InChI=1S/C15H17BrN2O5/c1-5-22-13(20)9-6-8-7-10(19)11(16)17-12(8)18(9)14(21)23-15(2,3)4/h6-7,19H,5H2,1-4H3. The molecule has 0 saturated heterocycles. The zero-order valence-corrected chi connectivity index (χ0v) is 14.8. The van der Waals surface area contributed by atoms with Crippen molar-refractivity contribution >= 4 is 39.0 Å². The Bertz CT molecular complexity index is 776. The number of esters is 1. The molecule has 1 N–H and O–H groups in total. The molecule has 2 aromatic heterocycles. The number of carbonyl (C=O) groups excluding carboxylic acids is 2. The van der Waals surface area contributed by atoms with Crippen molar-refractivity contribution in [2.45, 2.75) is 33.3 Å². The van der Waals surface area contributed by atoms with E-state index in [-0.39, 0.29) is 28.3 Å². The summed E-state index contributed by atoms with van der Waals surface area (Å²) in [4.78, 5) is 28.7. The summed E-state index contributed by atoms with van der Waals surface area (Å²) in [5, 5.41) is 10.1. The highest BCUT2D eigenvalue weighted by molar-refractivity contribution is 9.10. The minimum Gasteiger partial charge on any atom is -0.505 e. The molecule has 0 aliphatic heterocycles. The van der Waals surface area contributed by atoms with Crippen LogP contribution in [0, 0.1) is 0 Å². The Hall–Kier alpha value is -2.09. The summed E-state index contributed by atoms with van der Waals surface area (Å²) in [6, 6.07) is 2.83. The van der Waals surface area contributed by atoms with Gasteiger partial charge in [0.15, 0.2) is 5.65 Å². The van der Waals surface area contributed by atoms with Gasteiger partial charge in [-0.05, 0) is 55.8 Å². The number of aromatic nitrogens is 2. The average molecular weight is 385 g/mol. The highest BCUT2D eigenvalue weighted by atomic mass is 79.9. The molecule has 0 fully saturated rings. The van der Waals surface area contributed by atoms with Crippen LogP contribution >= 0.6 is 15.9 Å². The third-order valence-electron chi connectivity index (χ3n) is 2.77. The van der Waals surface area contributed by atoms with E-state index in [9.17, 15) is 14.7 Å². The number of carbonyl (C=O) groups is 2. The third kappa shape index (κ3) is 3.64. The van der Waals surface area contributed by atoms with Gasteiger partial charge < -0.3 is 14.6 Å². The Morgan fingerprint density at radius 3 is 2.57 bits per heavy atom. The number of fused-ring (bicyclic) bond motifs is 1. The van der Waals surface area contributed by atoms with Crippen molar-refractivity contribution in [3.63, 3.8) is 0 Å². The van der Waals surface area contributed by atoms with Gasteiger partial charge in [-0.15, -0.1) is 0 Å². The largest absolute Gasteiger partial charge is 0.505 e. The highest BCUT2D eigenvalue weighted by Gasteiger charge is 2.27. The maximum Gasteiger partial charge on any atom is 0.420 e. The number of rotatable bonds is 2. The van der Waals surface area contributed by atoms with Crippen LogP contribution in [-0.4, -0.2) is 38.9 Å². The molecule has 8 heteroatoms. The molecule has 0 bridgehead atoms. The van der Waals surface area contributed by atoms with Gasteiger partial charge in [0, 0.05) is 5.39 Å². The smallest absolute Gasteiger partial charge is 0.420 e. The Morgan fingerprint density at radius 1 is 1.35 bits per heavy atom. The lowest BCUT2D eigenvalue weighted by atomic mass is 10.2. The number of ether oxygens (including phenoxy) is 2. The van der Waals surface area contributed by atoms with Crippen LogP contribution in [0.1, 0.15) is 38.2 Å². The molecule has 0 spiro atoms. The van der Waals surface area contributed by atoms with Gasteiger partial charge in [0.05, 0.1) is 6.61 Å². The molecule has 2 rings (SSSR count). The quantitative estimate of drug-likeness (QED) is 0.629. The summed E-state index contributed by atoms with van der Waals surface area (Å²) in [5.41, 5.74) is -0.568. The summed E-state index contributed by atoms with van der Waals surface area (Å²) in [6.07, 6.45) is -0.749. The number of nitrogens with zero attached hydrogens (tertiary/aromatic N) is 2. The number of hydrogen-bond donors (Lipinski definition) is 1. The second-order valence-electron chi connectivity index (χ2n) is 5.78. The number of aromatic hydroxyl groups is 1. The van der Waals surface area contributed by atoms with Crippen molar-refractivity contribution in [1.29, 1.82) is 0 Å². The summed E-state index contributed by atoms with van der Waals surface area (Å²) in [6.45, 7) is 6.98. The van der Waals surface area contributed by atoms with Crippen molar-refractivity contribution in [1.82, 2.24) is 9.55 Å². The fourth-order valence-corrected chi connectivity index (χ4v) is 2.23. The zero-order chi connectivity index (χ0) is 17.4. The lowest BCUT2D eigenvalue weighted by Crippen LogP contribution is -2.29. The monoisotopic (exact) mass is 384 g/mol. The van der Waals surface area contributed by atoms with Gasteiger partial charge in [-0.1, -0.05) is 0 Å².